The molecule has 24 heavy (non-hydrogen) atoms. The topological polar surface area (TPSA) is 12.9 Å². The van der Waals surface area contributed by atoms with Crippen LogP contribution < -0.4 is 0 Å². The number of hydrogen-bond donors (Lipinski definition) is 0. The lowest BCUT2D eigenvalue weighted by molar-refractivity contribution is 1.33. The fraction of sp³-hybridized carbons (Fsp3) is 0. The van der Waals surface area contributed by atoms with E-state index in [-0.39, 0.29) is 0 Å². The molecule has 0 spiro atoms. The summed E-state index contributed by atoms with van der Waals surface area (Å²) in [5.74, 6) is 0. The molecule has 1 aromatic heterocycles. The van der Waals surface area contributed by atoms with Crippen molar-refractivity contribution in [3.63, 3.8) is 0 Å². The van der Waals surface area contributed by atoms with Gasteiger partial charge in [0, 0.05) is 18.0 Å². The van der Waals surface area contributed by atoms with Crippen LogP contribution in [-0.4, -0.2) is 4.98 Å². The number of nitrogens with zero attached hydrogens (tertiary/aromatic N) is 1. The first-order valence-electron chi connectivity index (χ1n) is 8.07. The molecule has 1 heterocycles. The third-order valence-electron chi connectivity index (χ3n) is 4.18. The average Bonchev–Trinajstić information content (AvgIpc) is 2.69. The van der Waals surface area contributed by atoms with E-state index in [0.717, 1.165) is 5.56 Å². The van der Waals surface area contributed by atoms with E-state index < -0.39 is 0 Å². The zero-order valence-corrected chi connectivity index (χ0v) is 13.3. The predicted molar refractivity (Wildman–Crippen MR) is 101 cm³/mol. The number of benzene rings is 3. The number of hydrogen-bond acceptors (Lipinski definition) is 1. The standard InChI is InChI=1S/C23H17N/c1-3-8-18(9-4-1)20-13-14-22(19-10-5-2-6-11-19)23(16-20)21-12-7-15-24-17-21/h1-17H. The van der Waals surface area contributed by atoms with Crippen LogP contribution in [0.1, 0.15) is 0 Å². The Kier molecular flexibility index (Phi) is 3.91. The van der Waals surface area contributed by atoms with Gasteiger partial charge in [0.25, 0.3) is 0 Å². The van der Waals surface area contributed by atoms with Crippen LogP contribution in [0.4, 0.5) is 0 Å². The maximum absolute atomic E-state index is 4.30. The molecular weight excluding hydrogens is 290 g/mol. The van der Waals surface area contributed by atoms with Crippen molar-refractivity contribution in [1.29, 1.82) is 0 Å². The molecule has 4 aromatic rings. The minimum absolute atomic E-state index is 1.13. The van der Waals surface area contributed by atoms with Gasteiger partial charge in [0.05, 0.1) is 0 Å². The molecule has 0 aliphatic carbocycles. The highest BCUT2D eigenvalue weighted by Gasteiger charge is 2.09. The molecular formula is C23H17N. The largest absolute Gasteiger partial charge is 0.264 e. The van der Waals surface area contributed by atoms with Crippen molar-refractivity contribution < 1.29 is 0 Å². The van der Waals surface area contributed by atoms with Gasteiger partial charge in [-0.3, -0.25) is 4.98 Å². The van der Waals surface area contributed by atoms with Gasteiger partial charge in [0.2, 0.25) is 0 Å². The predicted octanol–water partition coefficient (Wildman–Crippen LogP) is 6.08. The van der Waals surface area contributed by atoms with Crippen LogP contribution in [0.3, 0.4) is 0 Å². The van der Waals surface area contributed by atoms with Gasteiger partial charge in [-0.05, 0) is 39.9 Å². The maximum Gasteiger partial charge on any atom is 0.0346 e. The SMILES string of the molecule is c1ccc(-c2ccc(-c3ccccc3)c(-c3cccnc3)c2)cc1. The molecule has 0 atom stereocenters. The summed E-state index contributed by atoms with van der Waals surface area (Å²) in [6.45, 7) is 0. The zero-order valence-electron chi connectivity index (χ0n) is 13.3. The highest BCUT2D eigenvalue weighted by Crippen LogP contribution is 2.35. The third-order valence-corrected chi connectivity index (χ3v) is 4.18. The summed E-state index contributed by atoms with van der Waals surface area (Å²) in [6.07, 6.45) is 3.74. The molecule has 3 aromatic carbocycles. The van der Waals surface area contributed by atoms with Crippen LogP contribution in [0.15, 0.2) is 103 Å². The summed E-state index contributed by atoms with van der Waals surface area (Å²) >= 11 is 0. The van der Waals surface area contributed by atoms with Gasteiger partial charge < -0.3 is 0 Å². The summed E-state index contributed by atoms with van der Waals surface area (Å²) in [5, 5.41) is 0. The fourth-order valence-corrected chi connectivity index (χ4v) is 2.98. The lowest BCUT2D eigenvalue weighted by Crippen LogP contribution is -1.88. The van der Waals surface area contributed by atoms with Gasteiger partial charge in [-0.2, -0.15) is 0 Å². The van der Waals surface area contributed by atoms with Crippen molar-refractivity contribution in [1.82, 2.24) is 4.98 Å². The number of rotatable bonds is 3. The molecule has 0 aliphatic rings. The smallest absolute Gasteiger partial charge is 0.0346 e. The molecule has 0 unspecified atom stereocenters. The summed E-state index contributed by atoms with van der Waals surface area (Å²) in [5.41, 5.74) is 7.22. The lowest BCUT2D eigenvalue weighted by atomic mass is 9.92. The van der Waals surface area contributed by atoms with Crippen molar-refractivity contribution in [2.24, 2.45) is 0 Å². The van der Waals surface area contributed by atoms with E-state index in [4.69, 9.17) is 0 Å². The first-order chi connectivity index (χ1) is 11.9. The number of pyridine rings is 1. The Bertz CT molecular complexity index is 929. The molecule has 1 nitrogen and oxygen atoms in total. The Morgan fingerprint density at radius 3 is 1.79 bits per heavy atom. The van der Waals surface area contributed by atoms with E-state index in [1.807, 2.05) is 30.6 Å². The molecule has 0 N–H and O–H groups in total. The first kappa shape index (κ1) is 14.4. The van der Waals surface area contributed by atoms with E-state index in [2.05, 4.69) is 77.8 Å². The van der Waals surface area contributed by atoms with Crippen molar-refractivity contribution in [3.05, 3.63) is 103 Å². The van der Waals surface area contributed by atoms with Crippen LogP contribution in [0.2, 0.25) is 0 Å². The minimum atomic E-state index is 1.13. The highest BCUT2D eigenvalue weighted by atomic mass is 14.6. The second-order valence-corrected chi connectivity index (χ2v) is 5.73. The Morgan fingerprint density at radius 2 is 1.12 bits per heavy atom. The molecule has 114 valence electrons. The molecule has 0 fully saturated rings. The summed E-state index contributed by atoms with van der Waals surface area (Å²) in [7, 11) is 0. The van der Waals surface area contributed by atoms with Crippen LogP contribution in [-0.2, 0) is 0 Å². The second kappa shape index (κ2) is 6.51. The molecule has 4 rings (SSSR count). The van der Waals surface area contributed by atoms with Crippen LogP contribution >= 0.6 is 0 Å². The van der Waals surface area contributed by atoms with Gasteiger partial charge in [0.1, 0.15) is 0 Å². The van der Waals surface area contributed by atoms with Crippen LogP contribution in [0.25, 0.3) is 33.4 Å². The Hall–Kier alpha value is -3.19. The molecule has 0 radical (unpaired) electrons. The molecule has 0 bridgehead atoms. The van der Waals surface area contributed by atoms with Crippen molar-refractivity contribution in [3.8, 4) is 33.4 Å². The third kappa shape index (κ3) is 2.84. The van der Waals surface area contributed by atoms with E-state index in [1.165, 1.54) is 27.8 Å². The van der Waals surface area contributed by atoms with E-state index in [9.17, 15) is 0 Å². The molecule has 0 aliphatic heterocycles. The average molecular weight is 307 g/mol. The Labute approximate surface area is 142 Å². The van der Waals surface area contributed by atoms with E-state index in [1.54, 1.807) is 0 Å². The summed E-state index contributed by atoms with van der Waals surface area (Å²) in [4.78, 5) is 4.30. The van der Waals surface area contributed by atoms with Gasteiger partial charge in [-0.1, -0.05) is 78.9 Å². The maximum atomic E-state index is 4.30. The van der Waals surface area contributed by atoms with Crippen molar-refractivity contribution >= 4 is 0 Å². The van der Waals surface area contributed by atoms with Crippen molar-refractivity contribution in [2.45, 2.75) is 0 Å². The molecule has 1 heteroatoms. The Balaban J connectivity index is 1.92. The lowest BCUT2D eigenvalue weighted by Gasteiger charge is -2.13. The van der Waals surface area contributed by atoms with Gasteiger partial charge >= 0.3 is 0 Å². The fourth-order valence-electron chi connectivity index (χ4n) is 2.98. The Morgan fingerprint density at radius 1 is 0.458 bits per heavy atom. The minimum Gasteiger partial charge on any atom is -0.264 e. The normalized spacial score (nSPS) is 10.5. The monoisotopic (exact) mass is 307 g/mol. The van der Waals surface area contributed by atoms with Crippen LogP contribution in [0, 0.1) is 0 Å². The molecule has 0 saturated heterocycles. The van der Waals surface area contributed by atoms with Gasteiger partial charge in [0.15, 0.2) is 0 Å². The van der Waals surface area contributed by atoms with Gasteiger partial charge in [-0.25, -0.2) is 0 Å². The van der Waals surface area contributed by atoms with E-state index >= 15 is 0 Å². The molecule has 0 saturated carbocycles. The van der Waals surface area contributed by atoms with Crippen LogP contribution in [0.5, 0.6) is 0 Å². The zero-order chi connectivity index (χ0) is 16.2. The first-order valence-corrected chi connectivity index (χ1v) is 8.07. The highest BCUT2D eigenvalue weighted by molar-refractivity contribution is 5.86. The second-order valence-electron chi connectivity index (χ2n) is 5.73. The van der Waals surface area contributed by atoms with Crippen molar-refractivity contribution in [2.75, 3.05) is 0 Å². The van der Waals surface area contributed by atoms with E-state index in [0.29, 0.717) is 0 Å². The number of aromatic nitrogens is 1. The quantitative estimate of drug-likeness (QED) is 0.447. The summed E-state index contributed by atoms with van der Waals surface area (Å²) in [6, 6.07) is 31.7. The van der Waals surface area contributed by atoms with Gasteiger partial charge in [-0.15, -0.1) is 0 Å². The molecule has 0 amide bonds. The summed E-state index contributed by atoms with van der Waals surface area (Å²) < 4.78 is 0.